The van der Waals surface area contributed by atoms with Crippen LogP contribution < -0.4 is 10.1 Å². The molecule has 1 aromatic carbocycles. The number of ether oxygens (including phenoxy) is 1. The first-order valence-electron chi connectivity index (χ1n) is 6.15. The first kappa shape index (κ1) is 14.0. The van der Waals surface area contributed by atoms with Crippen LogP contribution in [0, 0.1) is 17.1 Å². The second kappa shape index (κ2) is 6.13. The minimum atomic E-state index is -0.599. The first-order chi connectivity index (χ1) is 9.65. The van der Waals surface area contributed by atoms with E-state index in [4.69, 9.17) is 10.00 Å². The van der Waals surface area contributed by atoms with Gasteiger partial charge in [0.15, 0.2) is 0 Å². The maximum atomic E-state index is 13.4. The monoisotopic (exact) mass is 271 g/mol. The summed E-state index contributed by atoms with van der Waals surface area (Å²) in [5, 5.41) is 12.0. The van der Waals surface area contributed by atoms with Gasteiger partial charge in [0.25, 0.3) is 0 Å². The number of halogens is 1. The fourth-order valence-corrected chi connectivity index (χ4v) is 1.68. The molecule has 0 aliphatic carbocycles. The second-order valence-electron chi connectivity index (χ2n) is 4.26. The molecule has 20 heavy (non-hydrogen) atoms. The molecule has 0 aliphatic rings. The number of benzene rings is 1. The number of rotatable bonds is 4. The molecule has 1 atom stereocenters. The maximum absolute atomic E-state index is 13.4. The number of nitriles is 1. The molecule has 2 rings (SSSR count). The highest BCUT2D eigenvalue weighted by atomic mass is 19.1. The van der Waals surface area contributed by atoms with Crippen LogP contribution >= 0.6 is 0 Å². The Morgan fingerprint density at radius 2 is 2.15 bits per heavy atom. The van der Waals surface area contributed by atoms with Crippen molar-refractivity contribution in [1.29, 1.82) is 5.26 Å². The Hall–Kier alpha value is -2.45. The number of nitrogens with one attached hydrogen (secondary N) is 1. The van der Waals surface area contributed by atoms with Gasteiger partial charge in [0, 0.05) is 6.04 Å². The van der Waals surface area contributed by atoms with Crippen molar-refractivity contribution in [2.24, 2.45) is 0 Å². The molecule has 1 unspecified atom stereocenters. The molecule has 0 saturated carbocycles. The van der Waals surface area contributed by atoms with Crippen LogP contribution in [-0.2, 0) is 0 Å². The zero-order chi connectivity index (χ0) is 14.5. The molecule has 0 radical (unpaired) electrons. The lowest BCUT2D eigenvalue weighted by atomic mass is 10.2. The zero-order valence-corrected chi connectivity index (χ0v) is 11.2. The van der Waals surface area contributed by atoms with Gasteiger partial charge in [-0.25, -0.2) is 4.39 Å². The van der Waals surface area contributed by atoms with E-state index in [9.17, 15) is 4.39 Å². The lowest BCUT2D eigenvalue weighted by molar-refractivity contribution is 0.471. The standard InChI is InChI=1S/C15H14FN3O/c1-10(18-2)14-7-6-11(9-19-14)20-15-5-3-4-13(16)12(15)8-17/h3-7,9-10,18H,1-2H3. The molecule has 0 bridgehead atoms. The molecule has 1 heterocycles. The summed E-state index contributed by atoms with van der Waals surface area (Å²) in [6.45, 7) is 1.99. The van der Waals surface area contributed by atoms with Gasteiger partial charge in [-0.2, -0.15) is 5.26 Å². The fourth-order valence-electron chi connectivity index (χ4n) is 1.68. The van der Waals surface area contributed by atoms with E-state index in [1.807, 2.05) is 20.0 Å². The van der Waals surface area contributed by atoms with Crippen LogP contribution in [0.15, 0.2) is 36.5 Å². The van der Waals surface area contributed by atoms with Crippen molar-refractivity contribution in [3.8, 4) is 17.6 Å². The lowest BCUT2D eigenvalue weighted by Crippen LogP contribution is -2.13. The molecule has 1 N–H and O–H groups in total. The average molecular weight is 271 g/mol. The summed E-state index contributed by atoms with van der Waals surface area (Å²) in [5.41, 5.74) is 0.764. The first-order valence-corrected chi connectivity index (χ1v) is 6.15. The number of aromatic nitrogens is 1. The van der Waals surface area contributed by atoms with Gasteiger partial charge in [0.2, 0.25) is 0 Å². The highest BCUT2D eigenvalue weighted by Gasteiger charge is 2.10. The smallest absolute Gasteiger partial charge is 0.148 e. The Bertz CT molecular complexity index is 635. The Labute approximate surface area is 116 Å². The van der Waals surface area contributed by atoms with E-state index in [-0.39, 0.29) is 17.4 Å². The summed E-state index contributed by atoms with van der Waals surface area (Å²) in [4.78, 5) is 4.26. The predicted octanol–water partition coefficient (Wildman–Crippen LogP) is 3.17. The third-order valence-electron chi connectivity index (χ3n) is 2.95. The molecule has 2 aromatic rings. The van der Waals surface area contributed by atoms with Gasteiger partial charge in [-0.3, -0.25) is 4.98 Å². The van der Waals surface area contributed by atoms with Crippen LogP contribution in [0.2, 0.25) is 0 Å². The highest BCUT2D eigenvalue weighted by Crippen LogP contribution is 2.26. The fraction of sp³-hybridized carbons (Fsp3) is 0.200. The molecule has 102 valence electrons. The summed E-state index contributed by atoms with van der Waals surface area (Å²) in [6, 6.07) is 9.75. The Balaban J connectivity index is 2.23. The van der Waals surface area contributed by atoms with E-state index in [1.54, 1.807) is 24.4 Å². The topological polar surface area (TPSA) is 57.9 Å². The molecular formula is C15H14FN3O. The quantitative estimate of drug-likeness (QED) is 0.928. The molecule has 5 heteroatoms. The van der Waals surface area contributed by atoms with Gasteiger partial charge < -0.3 is 10.1 Å². The van der Waals surface area contributed by atoms with Crippen LogP contribution in [0.4, 0.5) is 4.39 Å². The van der Waals surface area contributed by atoms with E-state index in [1.165, 1.54) is 12.1 Å². The van der Waals surface area contributed by atoms with E-state index < -0.39 is 5.82 Å². The van der Waals surface area contributed by atoms with E-state index in [0.717, 1.165) is 5.69 Å². The number of nitrogens with zero attached hydrogens (tertiary/aromatic N) is 2. The number of pyridine rings is 1. The van der Waals surface area contributed by atoms with Crippen LogP contribution in [0.3, 0.4) is 0 Å². The molecule has 4 nitrogen and oxygen atoms in total. The van der Waals surface area contributed by atoms with Gasteiger partial charge in [0.05, 0.1) is 11.9 Å². The minimum absolute atomic E-state index is 0.111. The summed E-state index contributed by atoms with van der Waals surface area (Å²) in [7, 11) is 1.85. The van der Waals surface area contributed by atoms with Crippen molar-refractivity contribution in [2.45, 2.75) is 13.0 Å². The van der Waals surface area contributed by atoms with E-state index >= 15 is 0 Å². The summed E-state index contributed by atoms with van der Waals surface area (Å²) in [6.07, 6.45) is 1.55. The van der Waals surface area contributed by atoms with Gasteiger partial charge in [-0.15, -0.1) is 0 Å². The number of hydrogen-bond donors (Lipinski definition) is 1. The van der Waals surface area contributed by atoms with Gasteiger partial charge in [-0.05, 0) is 38.2 Å². The molecule has 0 amide bonds. The lowest BCUT2D eigenvalue weighted by Gasteiger charge is -2.11. The zero-order valence-electron chi connectivity index (χ0n) is 11.2. The van der Waals surface area contributed by atoms with Crippen LogP contribution in [0.1, 0.15) is 24.2 Å². The van der Waals surface area contributed by atoms with Crippen molar-refractivity contribution in [2.75, 3.05) is 7.05 Å². The van der Waals surface area contributed by atoms with Gasteiger partial charge in [-0.1, -0.05) is 6.07 Å². The van der Waals surface area contributed by atoms with Crippen LogP contribution in [0.25, 0.3) is 0 Å². The van der Waals surface area contributed by atoms with Gasteiger partial charge in [0.1, 0.15) is 28.9 Å². The molecular weight excluding hydrogens is 257 g/mol. The summed E-state index contributed by atoms with van der Waals surface area (Å²) < 4.78 is 18.9. The highest BCUT2D eigenvalue weighted by molar-refractivity contribution is 5.45. The minimum Gasteiger partial charge on any atom is -0.454 e. The van der Waals surface area contributed by atoms with Crippen LogP contribution in [-0.4, -0.2) is 12.0 Å². The summed E-state index contributed by atoms with van der Waals surface area (Å²) in [5.74, 6) is 0.0428. The molecule has 0 spiro atoms. The van der Waals surface area contributed by atoms with Crippen molar-refractivity contribution in [1.82, 2.24) is 10.3 Å². The maximum Gasteiger partial charge on any atom is 0.148 e. The Kier molecular flexibility index (Phi) is 4.28. The molecule has 0 fully saturated rings. The third kappa shape index (κ3) is 2.92. The van der Waals surface area contributed by atoms with Crippen molar-refractivity contribution in [3.05, 3.63) is 53.6 Å². The van der Waals surface area contributed by atoms with Crippen molar-refractivity contribution in [3.63, 3.8) is 0 Å². The number of hydrogen-bond acceptors (Lipinski definition) is 4. The molecule has 0 saturated heterocycles. The average Bonchev–Trinajstić information content (AvgIpc) is 2.47. The third-order valence-corrected chi connectivity index (χ3v) is 2.95. The van der Waals surface area contributed by atoms with Crippen LogP contribution in [0.5, 0.6) is 11.5 Å². The van der Waals surface area contributed by atoms with E-state index in [0.29, 0.717) is 5.75 Å². The second-order valence-corrected chi connectivity index (χ2v) is 4.26. The summed E-state index contributed by atoms with van der Waals surface area (Å²) >= 11 is 0. The van der Waals surface area contributed by atoms with Crippen molar-refractivity contribution < 1.29 is 9.13 Å². The molecule has 0 aliphatic heterocycles. The van der Waals surface area contributed by atoms with Gasteiger partial charge >= 0.3 is 0 Å². The SMILES string of the molecule is CNC(C)c1ccc(Oc2cccc(F)c2C#N)cn1. The normalized spacial score (nSPS) is 11.7. The Morgan fingerprint density at radius 3 is 2.75 bits per heavy atom. The Morgan fingerprint density at radius 1 is 1.35 bits per heavy atom. The predicted molar refractivity (Wildman–Crippen MR) is 72.9 cm³/mol. The van der Waals surface area contributed by atoms with E-state index in [2.05, 4.69) is 10.3 Å². The molecule has 1 aromatic heterocycles. The van der Waals surface area contributed by atoms with Crippen molar-refractivity contribution >= 4 is 0 Å². The largest absolute Gasteiger partial charge is 0.454 e.